The zero-order valence-electron chi connectivity index (χ0n) is 24.4. The number of hydrogen-bond donors (Lipinski definition) is 1. The summed E-state index contributed by atoms with van der Waals surface area (Å²) in [6.45, 7) is 21.9. The molecule has 1 N–H and O–H groups in total. The third-order valence-corrected chi connectivity index (χ3v) is 7.55. The summed E-state index contributed by atoms with van der Waals surface area (Å²) >= 11 is 0. The Morgan fingerprint density at radius 2 is 1.92 bits per heavy atom. The van der Waals surface area contributed by atoms with E-state index in [4.69, 9.17) is 0 Å². The molecule has 0 aliphatic heterocycles. The summed E-state index contributed by atoms with van der Waals surface area (Å²) in [6.07, 6.45) is 24.7. The number of allylic oxidation sites excluding steroid dienone is 14. The van der Waals surface area contributed by atoms with Crippen LogP contribution in [-0.4, -0.2) is 6.04 Å². The van der Waals surface area contributed by atoms with Gasteiger partial charge < -0.3 is 5.32 Å². The van der Waals surface area contributed by atoms with Crippen LogP contribution in [0.2, 0.25) is 0 Å². The summed E-state index contributed by atoms with van der Waals surface area (Å²) in [4.78, 5) is 0. The Kier molecular flexibility index (Phi) is 10.6. The van der Waals surface area contributed by atoms with Gasteiger partial charge in [0, 0.05) is 29.7 Å². The fourth-order valence-electron chi connectivity index (χ4n) is 5.15. The Hall–Kier alpha value is -3.46. The van der Waals surface area contributed by atoms with E-state index in [9.17, 15) is 0 Å². The second-order valence-electron chi connectivity index (χ2n) is 11.2. The predicted octanol–water partition coefficient (Wildman–Crippen LogP) is 9.56. The molecule has 3 atom stereocenters. The first-order valence-corrected chi connectivity index (χ1v) is 14.0. The largest absolute Gasteiger partial charge is 0.379 e. The normalized spacial score (nSPS) is 22.9. The van der Waals surface area contributed by atoms with Crippen LogP contribution in [-0.2, 0) is 0 Å². The topological polar surface area (TPSA) is 12.0 Å². The van der Waals surface area contributed by atoms with Gasteiger partial charge in [0.25, 0.3) is 0 Å². The molecule has 3 rings (SSSR count). The van der Waals surface area contributed by atoms with Crippen LogP contribution >= 0.6 is 0 Å². The Bertz CT molecular complexity index is 1290. The molecule has 0 aromatic heterocycles. The lowest BCUT2D eigenvalue weighted by atomic mass is 9.91. The van der Waals surface area contributed by atoms with Gasteiger partial charge in [-0.3, -0.25) is 0 Å². The standard InChI is InChI=1S/C37H45N/c1-26(2)36(25-33-16-11-14-27(3)15-12-17-33)38-32(8)37-30(6)20-22-34(24-31(37)7)21-19-29(5)35-18-10-9-13-28(4)23-35/h9,11,13-14,16,18,20,23-24,29,33,36,38H,1,8,15,19,21-22,25H2,2-7H3/b16-11-,27-14-. The van der Waals surface area contributed by atoms with Crippen LogP contribution in [0.1, 0.15) is 73.6 Å². The van der Waals surface area contributed by atoms with E-state index < -0.39 is 0 Å². The predicted molar refractivity (Wildman–Crippen MR) is 166 cm³/mol. The molecule has 0 heterocycles. The fourth-order valence-corrected chi connectivity index (χ4v) is 5.15. The van der Waals surface area contributed by atoms with Gasteiger partial charge in [0.05, 0.1) is 0 Å². The van der Waals surface area contributed by atoms with E-state index in [1.54, 1.807) is 0 Å². The lowest BCUT2D eigenvalue weighted by Gasteiger charge is -2.25. The van der Waals surface area contributed by atoms with E-state index in [1.807, 2.05) is 6.08 Å². The summed E-state index contributed by atoms with van der Waals surface area (Å²) < 4.78 is 0. The number of rotatable bonds is 10. The van der Waals surface area contributed by atoms with Crippen molar-refractivity contribution in [2.24, 2.45) is 11.8 Å². The molecule has 0 aromatic rings. The van der Waals surface area contributed by atoms with Gasteiger partial charge in [-0.15, -0.1) is 5.73 Å². The maximum Gasteiger partial charge on any atom is 0.0483 e. The van der Waals surface area contributed by atoms with Crippen molar-refractivity contribution in [1.82, 2.24) is 5.32 Å². The highest BCUT2D eigenvalue weighted by Gasteiger charge is 2.19. The first kappa shape index (κ1) is 29.1. The molecule has 198 valence electrons. The van der Waals surface area contributed by atoms with E-state index >= 15 is 0 Å². The van der Waals surface area contributed by atoms with Gasteiger partial charge >= 0.3 is 0 Å². The second-order valence-corrected chi connectivity index (χ2v) is 11.2. The molecule has 3 aliphatic carbocycles. The molecule has 0 radical (unpaired) electrons. The number of hydrogen-bond acceptors (Lipinski definition) is 1. The maximum absolute atomic E-state index is 4.49. The molecule has 0 spiro atoms. The second kappa shape index (κ2) is 13.9. The molecular formula is C37H45N. The van der Waals surface area contributed by atoms with Crippen LogP contribution in [0.4, 0.5) is 0 Å². The average molecular weight is 504 g/mol. The van der Waals surface area contributed by atoms with Crippen molar-refractivity contribution in [1.29, 1.82) is 0 Å². The molecule has 0 bridgehead atoms. The summed E-state index contributed by atoms with van der Waals surface area (Å²) in [7, 11) is 0. The molecule has 1 heteroatoms. The highest BCUT2D eigenvalue weighted by atomic mass is 14.9. The van der Waals surface area contributed by atoms with E-state index in [2.05, 4.69) is 126 Å². The van der Waals surface area contributed by atoms with Crippen molar-refractivity contribution in [3.63, 3.8) is 0 Å². The first-order chi connectivity index (χ1) is 18.1. The van der Waals surface area contributed by atoms with Gasteiger partial charge in [-0.05, 0) is 95.1 Å². The van der Waals surface area contributed by atoms with Gasteiger partial charge in [0.15, 0.2) is 0 Å². The molecule has 3 aliphatic rings. The van der Waals surface area contributed by atoms with Gasteiger partial charge in [-0.2, -0.15) is 0 Å². The highest BCUT2D eigenvalue weighted by molar-refractivity contribution is 5.52. The van der Waals surface area contributed by atoms with Crippen molar-refractivity contribution in [3.05, 3.63) is 124 Å². The number of nitrogens with one attached hydrogen (secondary N) is 1. The monoisotopic (exact) mass is 503 g/mol. The van der Waals surface area contributed by atoms with Gasteiger partial charge in [-0.1, -0.05) is 96.7 Å². The molecule has 0 saturated heterocycles. The average Bonchev–Trinajstić information content (AvgIpc) is 3.15. The molecule has 3 unspecified atom stereocenters. The first-order valence-electron chi connectivity index (χ1n) is 14.0. The summed E-state index contributed by atoms with van der Waals surface area (Å²) in [5.74, 6) is 7.46. The smallest absolute Gasteiger partial charge is 0.0483 e. The van der Waals surface area contributed by atoms with E-state index in [-0.39, 0.29) is 12.0 Å². The van der Waals surface area contributed by atoms with Crippen molar-refractivity contribution in [3.8, 4) is 11.8 Å². The summed E-state index contributed by atoms with van der Waals surface area (Å²) in [5.41, 5.74) is 14.6. The minimum atomic E-state index is 0.115. The van der Waals surface area contributed by atoms with Gasteiger partial charge in [-0.25, -0.2) is 0 Å². The third-order valence-electron chi connectivity index (χ3n) is 7.55. The van der Waals surface area contributed by atoms with Crippen LogP contribution in [0.25, 0.3) is 0 Å². The Labute approximate surface area is 232 Å². The SMILES string of the molecule is C=C(NC(CC1C#CC/C(C)=C\C=C/1)C(=C)C)C1=C(C)C=C(CCC(C)C2=CC(C)=CC=C=C2)CC=C1C. The minimum absolute atomic E-state index is 0.115. The van der Waals surface area contributed by atoms with Crippen molar-refractivity contribution >= 4 is 0 Å². The summed E-state index contributed by atoms with van der Waals surface area (Å²) in [5, 5.41) is 3.72. The molecule has 0 saturated carbocycles. The quantitative estimate of drug-likeness (QED) is 0.178. The van der Waals surface area contributed by atoms with E-state index in [0.717, 1.165) is 43.4 Å². The van der Waals surface area contributed by atoms with E-state index in [1.165, 1.54) is 39.0 Å². The molecular weight excluding hydrogens is 458 g/mol. The third kappa shape index (κ3) is 8.55. The Morgan fingerprint density at radius 3 is 2.68 bits per heavy atom. The van der Waals surface area contributed by atoms with Crippen molar-refractivity contribution in [2.75, 3.05) is 0 Å². The molecule has 0 aromatic carbocycles. The Morgan fingerprint density at radius 1 is 1.13 bits per heavy atom. The summed E-state index contributed by atoms with van der Waals surface area (Å²) in [6, 6.07) is 0.115. The van der Waals surface area contributed by atoms with Crippen LogP contribution in [0, 0.1) is 23.7 Å². The van der Waals surface area contributed by atoms with Crippen LogP contribution in [0.15, 0.2) is 124 Å². The molecule has 0 fully saturated rings. The lowest BCUT2D eigenvalue weighted by molar-refractivity contribution is 0.557. The van der Waals surface area contributed by atoms with E-state index in [0.29, 0.717) is 5.92 Å². The van der Waals surface area contributed by atoms with Crippen LogP contribution in [0.5, 0.6) is 0 Å². The molecule has 0 amide bonds. The highest BCUT2D eigenvalue weighted by Crippen LogP contribution is 2.31. The van der Waals surface area contributed by atoms with Crippen molar-refractivity contribution in [2.45, 2.75) is 79.7 Å². The Balaban J connectivity index is 1.71. The fraction of sp³-hybridized carbons (Fsp3) is 0.378. The van der Waals surface area contributed by atoms with Crippen molar-refractivity contribution < 1.29 is 0 Å². The minimum Gasteiger partial charge on any atom is -0.379 e. The molecule has 1 nitrogen and oxygen atoms in total. The zero-order chi connectivity index (χ0) is 27.7. The van der Waals surface area contributed by atoms with Gasteiger partial charge in [0.1, 0.15) is 0 Å². The maximum atomic E-state index is 4.49. The van der Waals surface area contributed by atoms with Crippen LogP contribution in [0.3, 0.4) is 0 Å². The van der Waals surface area contributed by atoms with Gasteiger partial charge in [0.2, 0.25) is 0 Å². The molecule has 38 heavy (non-hydrogen) atoms. The zero-order valence-corrected chi connectivity index (χ0v) is 24.4. The lowest BCUT2D eigenvalue weighted by Crippen LogP contribution is -2.31. The van der Waals surface area contributed by atoms with Crippen LogP contribution < -0.4 is 5.32 Å².